The molecule has 3 aromatic rings. The first-order valence-electron chi connectivity index (χ1n) is 9.69. The lowest BCUT2D eigenvalue weighted by Crippen LogP contribution is -2.31. The Morgan fingerprint density at radius 1 is 0.966 bits per heavy atom. The second kappa shape index (κ2) is 8.78. The number of urea groups is 1. The number of para-hydroxylation sites is 1. The summed E-state index contributed by atoms with van der Waals surface area (Å²) < 4.78 is 6.10. The molecule has 0 fully saturated rings. The molecule has 0 radical (unpaired) electrons. The Balaban J connectivity index is 1.76. The SMILES string of the molecule is C[C@H](NC(=O)Nc1cccnc1Oc1ccccc1C(C)(C)C)c1ccccc1. The third kappa shape index (κ3) is 5.35. The first kappa shape index (κ1) is 20.4. The van der Waals surface area contributed by atoms with E-state index in [-0.39, 0.29) is 17.5 Å². The van der Waals surface area contributed by atoms with Crippen molar-refractivity contribution >= 4 is 11.7 Å². The fourth-order valence-electron chi connectivity index (χ4n) is 3.03. The Morgan fingerprint density at radius 3 is 2.38 bits per heavy atom. The number of rotatable bonds is 5. The summed E-state index contributed by atoms with van der Waals surface area (Å²) in [6, 6.07) is 20.8. The Bertz CT molecular complexity index is 965. The van der Waals surface area contributed by atoms with Gasteiger partial charge < -0.3 is 15.4 Å². The van der Waals surface area contributed by atoms with Crippen LogP contribution in [0.2, 0.25) is 0 Å². The van der Waals surface area contributed by atoms with Crippen LogP contribution in [0.15, 0.2) is 72.9 Å². The third-order valence-electron chi connectivity index (χ3n) is 4.57. The largest absolute Gasteiger partial charge is 0.437 e. The van der Waals surface area contributed by atoms with E-state index in [0.29, 0.717) is 11.6 Å². The maximum absolute atomic E-state index is 12.5. The number of anilines is 1. The van der Waals surface area contributed by atoms with Crippen molar-refractivity contribution in [3.05, 3.63) is 84.1 Å². The maximum atomic E-state index is 12.5. The quantitative estimate of drug-likeness (QED) is 0.558. The molecule has 1 heterocycles. The van der Waals surface area contributed by atoms with Crippen molar-refractivity contribution in [3.8, 4) is 11.6 Å². The van der Waals surface area contributed by atoms with Crippen LogP contribution in [0.4, 0.5) is 10.5 Å². The van der Waals surface area contributed by atoms with Gasteiger partial charge in [0.15, 0.2) is 0 Å². The lowest BCUT2D eigenvalue weighted by atomic mass is 9.86. The van der Waals surface area contributed by atoms with Gasteiger partial charge in [-0.05, 0) is 36.1 Å². The predicted octanol–water partition coefficient (Wildman–Crippen LogP) is 6.05. The smallest absolute Gasteiger partial charge is 0.319 e. The number of nitrogens with one attached hydrogen (secondary N) is 2. The summed E-state index contributed by atoms with van der Waals surface area (Å²) in [6.07, 6.45) is 1.64. The van der Waals surface area contributed by atoms with Gasteiger partial charge in [0.05, 0.1) is 6.04 Å². The highest BCUT2D eigenvalue weighted by atomic mass is 16.5. The molecule has 2 N–H and O–H groups in total. The summed E-state index contributed by atoms with van der Waals surface area (Å²) in [5.74, 6) is 1.08. The number of nitrogens with zero attached hydrogens (tertiary/aromatic N) is 1. The minimum atomic E-state index is -0.316. The minimum Gasteiger partial charge on any atom is -0.437 e. The lowest BCUT2D eigenvalue weighted by molar-refractivity contribution is 0.249. The van der Waals surface area contributed by atoms with Gasteiger partial charge in [-0.3, -0.25) is 0 Å². The molecule has 2 aromatic carbocycles. The zero-order valence-corrected chi connectivity index (χ0v) is 17.3. The fraction of sp³-hybridized carbons (Fsp3) is 0.250. The van der Waals surface area contributed by atoms with E-state index in [0.717, 1.165) is 16.9 Å². The van der Waals surface area contributed by atoms with Crippen LogP contribution in [0.25, 0.3) is 0 Å². The molecule has 0 aliphatic rings. The highest BCUT2D eigenvalue weighted by molar-refractivity contribution is 5.90. The van der Waals surface area contributed by atoms with Crippen molar-refractivity contribution in [2.75, 3.05) is 5.32 Å². The van der Waals surface area contributed by atoms with Crippen LogP contribution in [-0.2, 0) is 5.41 Å². The molecule has 2 amide bonds. The van der Waals surface area contributed by atoms with Gasteiger partial charge in [0, 0.05) is 11.8 Å². The van der Waals surface area contributed by atoms with E-state index < -0.39 is 0 Å². The summed E-state index contributed by atoms with van der Waals surface area (Å²) in [4.78, 5) is 16.8. The van der Waals surface area contributed by atoms with Crippen molar-refractivity contribution in [2.24, 2.45) is 0 Å². The van der Waals surface area contributed by atoms with E-state index in [1.165, 1.54) is 0 Å². The summed E-state index contributed by atoms with van der Waals surface area (Å²) in [5.41, 5.74) is 2.53. The number of hydrogen-bond donors (Lipinski definition) is 2. The van der Waals surface area contributed by atoms with Crippen molar-refractivity contribution in [2.45, 2.75) is 39.2 Å². The Kier molecular flexibility index (Phi) is 6.17. The molecule has 1 atom stereocenters. The van der Waals surface area contributed by atoms with Crippen LogP contribution in [0.3, 0.4) is 0 Å². The normalized spacial score (nSPS) is 12.1. The van der Waals surface area contributed by atoms with Gasteiger partial charge >= 0.3 is 6.03 Å². The average molecular weight is 389 g/mol. The number of pyridine rings is 1. The second-order valence-electron chi connectivity index (χ2n) is 7.94. The zero-order chi connectivity index (χ0) is 20.9. The molecule has 0 saturated carbocycles. The van der Waals surface area contributed by atoms with Crippen molar-refractivity contribution in [1.29, 1.82) is 0 Å². The molecule has 5 nitrogen and oxygen atoms in total. The van der Waals surface area contributed by atoms with Crippen LogP contribution >= 0.6 is 0 Å². The first-order chi connectivity index (χ1) is 13.8. The average Bonchev–Trinajstić information content (AvgIpc) is 2.69. The number of amides is 2. The minimum absolute atomic E-state index is 0.0819. The van der Waals surface area contributed by atoms with Crippen molar-refractivity contribution < 1.29 is 9.53 Å². The van der Waals surface area contributed by atoms with Crippen LogP contribution in [-0.4, -0.2) is 11.0 Å². The highest BCUT2D eigenvalue weighted by Gasteiger charge is 2.20. The van der Waals surface area contributed by atoms with Gasteiger partial charge in [-0.15, -0.1) is 0 Å². The van der Waals surface area contributed by atoms with E-state index in [4.69, 9.17) is 4.74 Å². The molecule has 5 heteroatoms. The number of benzene rings is 2. The molecule has 0 bridgehead atoms. The summed E-state index contributed by atoms with van der Waals surface area (Å²) in [7, 11) is 0. The van der Waals surface area contributed by atoms with E-state index >= 15 is 0 Å². The number of aromatic nitrogens is 1. The summed E-state index contributed by atoms with van der Waals surface area (Å²) in [6.45, 7) is 8.33. The topological polar surface area (TPSA) is 63.2 Å². The second-order valence-corrected chi connectivity index (χ2v) is 7.94. The van der Waals surface area contributed by atoms with Gasteiger partial charge in [-0.1, -0.05) is 69.3 Å². The maximum Gasteiger partial charge on any atom is 0.319 e. The van der Waals surface area contributed by atoms with E-state index in [9.17, 15) is 4.79 Å². The monoisotopic (exact) mass is 389 g/mol. The van der Waals surface area contributed by atoms with Gasteiger partial charge in [0.25, 0.3) is 0 Å². The van der Waals surface area contributed by atoms with E-state index in [1.54, 1.807) is 18.3 Å². The number of carbonyl (C=O) groups is 1. The van der Waals surface area contributed by atoms with Gasteiger partial charge in [-0.25, -0.2) is 9.78 Å². The Labute approximate surface area is 172 Å². The first-order valence-corrected chi connectivity index (χ1v) is 9.69. The highest BCUT2D eigenvalue weighted by Crippen LogP contribution is 2.35. The number of carbonyl (C=O) groups excluding carboxylic acids is 1. The van der Waals surface area contributed by atoms with Gasteiger partial charge in [-0.2, -0.15) is 0 Å². The van der Waals surface area contributed by atoms with Crippen LogP contribution in [0.5, 0.6) is 11.6 Å². The van der Waals surface area contributed by atoms with Crippen molar-refractivity contribution in [1.82, 2.24) is 10.3 Å². The molecule has 3 rings (SSSR count). The molecule has 29 heavy (non-hydrogen) atoms. The molecule has 0 saturated heterocycles. The Hall–Kier alpha value is -3.34. The van der Waals surface area contributed by atoms with Crippen LogP contribution < -0.4 is 15.4 Å². The fourth-order valence-corrected chi connectivity index (χ4v) is 3.03. The molecule has 1 aromatic heterocycles. The Morgan fingerprint density at radius 2 is 1.66 bits per heavy atom. The van der Waals surface area contributed by atoms with E-state index in [2.05, 4.69) is 36.4 Å². The molecular weight excluding hydrogens is 362 g/mol. The molecule has 0 unspecified atom stereocenters. The molecular formula is C24H27N3O2. The number of hydrogen-bond acceptors (Lipinski definition) is 3. The molecule has 150 valence electrons. The van der Waals surface area contributed by atoms with Crippen molar-refractivity contribution in [3.63, 3.8) is 0 Å². The van der Waals surface area contributed by atoms with Crippen LogP contribution in [0, 0.1) is 0 Å². The standard InChI is InChI=1S/C24H27N3O2/c1-17(18-11-6-5-7-12-18)26-23(28)27-20-14-10-16-25-22(20)29-21-15-9-8-13-19(21)24(2,3)4/h5-17H,1-4H3,(H2,26,27,28)/t17-/m0/s1. The molecule has 0 aliphatic carbocycles. The van der Waals surface area contributed by atoms with Gasteiger partial charge in [0.1, 0.15) is 11.4 Å². The number of ether oxygens (including phenoxy) is 1. The third-order valence-corrected chi connectivity index (χ3v) is 4.57. The zero-order valence-electron chi connectivity index (χ0n) is 17.3. The molecule has 0 aliphatic heterocycles. The van der Waals surface area contributed by atoms with Gasteiger partial charge in [0.2, 0.25) is 5.88 Å². The molecule has 0 spiro atoms. The van der Waals surface area contributed by atoms with E-state index in [1.807, 2.05) is 61.5 Å². The van der Waals surface area contributed by atoms with Crippen LogP contribution in [0.1, 0.15) is 44.9 Å². The predicted molar refractivity (Wildman–Crippen MR) is 116 cm³/mol. The summed E-state index contributed by atoms with van der Waals surface area (Å²) in [5, 5.41) is 5.79. The lowest BCUT2D eigenvalue weighted by Gasteiger charge is -2.23. The summed E-state index contributed by atoms with van der Waals surface area (Å²) >= 11 is 0.